The van der Waals surface area contributed by atoms with Crippen molar-refractivity contribution in [2.45, 2.75) is 18.9 Å². The fourth-order valence-electron chi connectivity index (χ4n) is 2.48. The Kier molecular flexibility index (Phi) is 3.62. The number of rotatable bonds is 2. The van der Waals surface area contributed by atoms with Gasteiger partial charge in [0.05, 0.1) is 11.9 Å². The number of amides is 1. The maximum absolute atomic E-state index is 12.4. The third-order valence-electron chi connectivity index (χ3n) is 3.75. The Hall–Kier alpha value is -2.34. The van der Waals surface area contributed by atoms with E-state index >= 15 is 0 Å². The molecule has 0 spiro atoms. The SMILES string of the molecule is NC1CCN(C(=O)c2nn(-c3ccccc3)cc2O)CC1. The van der Waals surface area contributed by atoms with Crippen LogP contribution >= 0.6 is 0 Å². The summed E-state index contributed by atoms with van der Waals surface area (Å²) in [6.45, 7) is 1.22. The van der Waals surface area contributed by atoms with Crippen molar-refractivity contribution in [3.63, 3.8) is 0 Å². The van der Waals surface area contributed by atoms with Crippen molar-refractivity contribution in [1.29, 1.82) is 0 Å². The molecule has 1 aromatic carbocycles. The Morgan fingerprint density at radius 1 is 1.24 bits per heavy atom. The zero-order valence-corrected chi connectivity index (χ0v) is 11.6. The average Bonchev–Trinajstić information content (AvgIpc) is 2.90. The minimum atomic E-state index is -0.242. The number of nitrogens with two attached hydrogens (primary N) is 1. The molecule has 0 bridgehead atoms. The lowest BCUT2D eigenvalue weighted by Gasteiger charge is -2.29. The van der Waals surface area contributed by atoms with Crippen LogP contribution in [0, 0.1) is 0 Å². The Morgan fingerprint density at radius 2 is 1.90 bits per heavy atom. The van der Waals surface area contributed by atoms with Gasteiger partial charge in [0, 0.05) is 19.1 Å². The molecule has 0 unspecified atom stereocenters. The lowest BCUT2D eigenvalue weighted by atomic mass is 10.1. The Balaban J connectivity index is 1.83. The number of nitrogens with zero attached hydrogens (tertiary/aromatic N) is 3. The summed E-state index contributed by atoms with van der Waals surface area (Å²) in [7, 11) is 0. The molecule has 1 fully saturated rings. The van der Waals surface area contributed by atoms with Gasteiger partial charge in [0.15, 0.2) is 11.4 Å². The molecule has 2 heterocycles. The molecule has 0 atom stereocenters. The van der Waals surface area contributed by atoms with E-state index in [1.807, 2.05) is 30.3 Å². The normalized spacial score (nSPS) is 16.1. The van der Waals surface area contributed by atoms with E-state index in [4.69, 9.17) is 5.73 Å². The monoisotopic (exact) mass is 286 g/mol. The second-order valence-electron chi connectivity index (χ2n) is 5.27. The van der Waals surface area contributed by atoms with Crippen LogP contribution < -0.4 is 5.73 Å². The maximum Gasteiger partial charge on any atom is 0.278 e. The van der Waals surface area contributed by atoms with Crippen molar-refractivity contribution < 1.29 is 9.90 Å². The molecule has 1 aliphatic rings. The Bertz CT molecular complexity index is 630. The van der Waals surface area contributed by atoms with Crippen molar-refractivity contribution in [1.82, 2.24) is 14.7 Å². The minimum Gasteiger partial charge on any atom is -0.504 e. The third kappa shape index (κ3) is 2.75. The molecule has 6 nitrogen and oxygen atoms in total. The van der Waals surface area contributed by atoms with E-state index < -0.39 is 0 Å². The van der Waals surface area contributed by atoms with Crippen LogP contribution in [0.15, 0.2) is 36.5 Å². The summed E-state index contributed by atoms with van der Waals surface area (Å²) >= 11 is 0. The molecule has 0 radical (unpaired) electrons. The summed E-state index contributed by atoms with van der Waals surface area (Å²) in [6.07, 6.45) is 3.02. The van der Waals surface area contributed by atoms with Gasteiger partial charge in [-0.15, -0.1) is 0 Å². The van der Waals surface area contributed by atoms with Crippen molar-refractivity contribution in [2.75, 3.05) is 13.1 Å². The van der Waals surface area contributed by atoms with Gasteiger partial charge in [0.1, 0.15) is 0 Å². The van der Waals surface area contributed by atoms with Crippen LogP contribution in [0.5, 0.6) is 5.75 Å². The summed E-state index contributed by atoms with van der Waals surface area (Å²) in [5.41, 5.74) is 6.73. The number of carbonyl (C=O) groups is 1. The second kappa shape index (κ2) is 5.57. The second-order valence-corrected chi connectivity index (χ2v) is 5.27. The van der Waals surface area contributed by atoms with Gasteiger partial charge in [0.25, 0.3) is 5.91 Å². The number of carbonyl (C=O) groups excluding carboxylic acids is 1. The quantitative estimate of drug-likeness (QED) is 0.867. The highest BCUT2D eigenvalue weighted by Crippen LogP contribution is 2.21. The fourth-order valence-corrected chi connectivity index (χ4v) is 2.48. The molecular formula is C15H18N4O2. The van der Waals surface area contributed by atoms with Crippen LogP contribution in [0.4, 0.5) is 0 Å². The van der Waals surface area contributed by atoms with Crippen LogP contribution in [-0.2, 0) is 0 Å². The molecule has 1 amide bonds. The fraction of sp³-hybridized carbons (Fsp3) is 0.333. The van der Waals surface area contributed by atoms with E-state index in [0.717, 1.165) is 18.5 Å². The van der Waals surface area contributed by atoms with Gasteiger partial charge in [-0.3, -0.25) is 4.79 Å². The summed E-state index contributed by atoms with van der Waals surface area (Å²) in [5, 5.41) is 14.2. The zero-order chi connectivity index (χ0) is 14.8. The first-order valence-corrected chi connectivity index (χ1v) is 7.04. The third-order valence-corrected chi connectivity index (χ3v) is 3.75. The lowest BCUT2D eigenvalue weighted by molar-refractivity contribution is 0.0705. The van der Waals surface area contributed by atoms with Gasteiger partial charge in [-0.05, 0) is 25.0 Å². The largest absolute Gasteiger partial charge is 0.504 e. The van der Waals surface area contributed by atoms with Crippen molar-refractivity contribution in [3.05, 3.63) is 42.2 Å². The molecule has 0 aliphatic carbocycles. The molecule has 21 heavy (non-hydrogen) atoms. The number of para-hydroxylation sites is 1. The van der Waals surface area contributed by atoms with Gasteiger partial charge < -0.3 is 15.7 Å². The highest BCUT2D eigenvalue weighted by molar-refractivity contribution is 5.94. The minimum absolute atomic E-state index is 0.0920. The number of aromatic nitrogens is 2. The van der Waals surface area contributed by atoms with E-state index in [1.165, 1.54) is 10.9 Å². The van der Waals surface area contributed by atoms with E-state index in [-0.39, 0.29) is 23.4 Å². The molecule has 3 rings (SSSR count). The molecule has 1 aromatic heterocycles. The number of benzene rings is 1. The van der Waals surface area contributed by atoms with Crippen molar-refractivity contribution in [2.24, 2.45) is 5.73 Å². The molecule has 6 heteroatoms. The summed E-state index contributed by atoms with van der Waals surface area (Å²) < 4.78 is 1.51. The van der Waals surface area contributed by atoms with Gasteiger partial charge in [-0.2, -0.15) is 5.10 Å². The van der Waals surface area contributed by atoms with Crippen LogP contribution in [0.3, 0.4) is 0 Å². The van der Waals surface area contributed by atoms with Crippen LogP contribution in [-0.4, -0.2) is 44.8 Å². The first-order valence-electron chi connectivity index (χ1n) is 7.04. The van der Waals surface area contributed by atoms with Crippen molar-refractivity contribution >= 4 is 5.91 Å². The van der Waals surface area contributed by atoms with Gasteiger partial charge in [0.2, 0.25) is 0 Å². The van der Waals surface area contributed by atoms with Gasteiger partial charge >= 0.3 is 0 Å². The number of hydrogen-bond acceptors (Lipinski definition) is 4. The van der Waals surface area contributed by atoms with Crippen LogP contribution in [0.1, 0.15) is 23.3 Å². The number of aromatic hydroxyl groups is 1. The average molecular weight is 286 g/mol. The molecule has 3 N–H and O–H groups in total. The molecule has 110 valence electrons. The number of piperidine rings is 1. The van der Waals surface area contributed by atoms with E-state index in [9.17, 15) is 9.90 Å². The lowest BCUT2D eigenvalue weighted by Crippen LogP contribution is -2.43. The van der Waals surface area contributed by atoms with Crippen LogP contribution in [0.2, 0.25) is 0 Å². The summed E-state index contributed by atoms with van der Waals surface area (Å²) in [4.78, 5) is 14.1. The molecular weight excluding hydrogens is 268 g/mol. The summed E-state index contributed by atoms with van der Waals surface area (Å²) in [6, 6.07) is 9.53. The molecule has 1 saturated heterocycles. The van der Waals surface area contributed by atoms with Crippen molar-refractivity contribution in [3.8, 4) is 11.4 Å². The molecule has 0 saturated carbocycles. The highest BCUT2D eigenvalue weighted by atomic mass is 16.3. The van der Waals surface area contributed by atoms with E-state index in [2.05, 4.69) is 5.10 Å². The van der Waals surface area contributed by atoms with E-state index in [1.54, 1.807) is 4.90 Å². The highest BCUT2D eigenvalue weighted by Gasteiger charge is 2.26. The number of likely N-dealkylation sites (tertiary alicyclic amines) is 1. The molecule has 1 aliphatic heterocycles. The van der Waals surface area contributed by atoms with Gasteiger partial charge in [-0.1, -0.05) is 18.2 Å². The van der Waals surface area contributed by atoms with Gasteiger partial charge in [-0.25, -0.2) is 4.68 Å². The first-order chi connectivity index (χ1) is 10.1. The predicted octanol–water partition coefficient (Wildman–Crippen LogP) is 1.14. The Labute approximate surface area is 122 Å². The van der Waals surface area contributed by atoms with Crippen LogP contribution in [0.25, 0.3) is 5.69 Å². The zero-order valence-electron chi connectivity index (χ0n) is 11.6. The standard InChI is InChI=1S/C15H18N4O2/c16-11-6-8-18(9-7-11)15(21)14-13(20)10-19(17-14)12-4-2-1-3-5-12/h1-5,10-11,20H,6-9,16H2. The Morgan fingerprint density at radius 3 is 2.57 bits per heavy atom. The topological polar surface area (TPSA) is 84.4 Å². The molecule has 2 aromatic rings. The summed E-state index contributed by atoms with van der Waals surface area (Å²) in [5.74, 6) is -0.340. The first kappa shape index (κ1) is 13.6. The van der Waals surface area contributed by atoms with E-state index in [0.29, 0.717) is 13.1 Å². The number of hydrogen-bond donors (Lipinski definition) is 2. The maximum atomic E-state index is 12.4. The smallest absolute Gasteiger partial charge is 0.278 e. The predicted molar refractivity (Wildman–Crippen MR) is 78.3 cm³/mol.